The third kappa shape index (κ3) is 4.22. The van der Waals surface area contributed by atoms with Crippen molar-refractivity contribution in [3.05, 3.63) is 35.4 Å². The summed E-state index contributed by atoms with van der Waals surface area (Å²) >= 11 is 0. The molecule has 0 aliphatic heterocycles. The van der Waals surface area contributed by atoms with Crippen LogP contribution in [0.1, 0.15) is 50.7 Å². The molecule has 2 rings (SSSR count). The summed E-state index contributed by atoms with van der Waals surface area (Å²) in [6.07, 6.45) is -1.83. The van der Waals surface area contributed by atoms with Gasteiger partial charge in [0.1, 0.15) is 0 Å². The van der Waals surface area contributed by atoms with E-state index in [1.54, 1.807) is 6.07 Å². The van der Waals surface area contributed by atoms with Crippen molar-refractivity contribution in [3.8, 4) is 0 Å². The lowest BCUT2D eigenvalue weighted by Crippen LogP contribution is -2.51. The Balaban J connectivity index is 0.00000288. The maximum absolute atomic E-state index is 12.9. The minimum Gasteiger partial charge on any atom is -0.353 e. The molecule has 1 aromatic carbocycles. The van der Waals surface area contributed by atoms with E-state index in [-0.39, 0.29) is 18.3 Å². The van der Waals surface area contributed by atoms with Crippen LogP contribution in [-0.4, -0.2) is 18.0 Å². The third-order valence-corrected chi connectivity index (χ3v) is 4.94. The van der Waals surface area contributed by atoms with Gasteiger partial charge in [0.25, 0.3) is 0 Å². The first kappa shape index (κ1) is 20.8. The molecule has 24 heavy (non-hydrogen) atoms. The summed E-state index contributed by atoms with van der Waals surface area (Å²) in [4.78, 5) is 12.5. The summed E-state index contributed by atoms with van der Waals surface area (Å²) < 4.78 is 38.6. The molecule has 1 aliphatic carbocycles. The lowest BCUT2D eigenvalue weighted by molar-refractivity contribution is -0.137. The van der Waals surface area contributed by atoms with Crippen LogP contribution < -0.4 is 11.1 Å². The van der Waals surface area contributed by atoms with Gasteiger partial charge in [-0.25, -0.2) is 0 Å². The van der Waals surface area contributed by atoms with Crippen molar-refractivity contribution in [2.45, 2.75) is 56.7 Å². The van der Waals surface area contributed by atoms with E-state index >= 15 is 0 Å². The van der Waals surface area contributed by atoms with Gasteiger partial charge in [0.05, 0.1) is 11.0 Å². The van der Waals surface area contributed by atoms with Gasteiger partial charge >= 0.3 is 6.18 Å². The Labute approximate surface area is 146 Å². The highest BCUT2D eigenvalue weighted by atomic mass is 35.5. The number of carbonyl (C=O) groups is 1. The highest BCUT2D eigenvalue weighted by Crippen LogP contribution is 2.49. The van der Waals surface area contributed by atoms with E-state index in [0.717, 1.165) is 25.0 Å². The number of benzene rings is 1. The molecular formula is C17H24ClF3N2O. The Morgan fingerprint density at radius 2 is 1.83 bits per heavy atom. The molecule has 0 spiro atoms. The molecular weight excluding hydrogens is 341 g/mol. The molecule has 0 saturated heterocycles. The number of alkyl halides is 3. The smallest absolute Gasteiger partial charge is 0.353 e. The molecule has 1 aromatic rings. The molecule has 1 saturated carbocycles. The van der Waals surface area contributed by atoms with Crippen LogP contribution in [-0.2, 0) is 16.4 Å². The van der Waals surface area contributed by atoms with E-state index in [2.05, 4.69) is 5.32 Å². The van der Waals surface area contributed by atoms with Crippen LogP contribution in [0.5, 0.6) is 0 Å². The van der Waals surface area contributed by atoms with E-state index in [9.17, 15) is 18.0 Å². The summed E-state index contributed by atoms with van der Waals surface area (Å²) in [5, 5.41) is 2.84. The maximum Gasteiger partial charge on any atom is 0.416 e. The number of hydrogen-bond donors (Lipinski definition) is 2. The van der Waals surface area contributed by atoms with E-state index in [4.69, 9.17) is 5.73 Å². The standard InChI is InChI=1S/C17H23F3N2O.ClH/c1-3-15(21,4-2)11-22-14(23)16(8-9-16)12-6-5-7-13(10-12)17(18,19)20;/h5-7,10H,3-4,8-9,11,21H2,1-2H3,(H,22,23);1H. The minimum absolute atomic E-state index is 0. The number of rotatable bonds is 6. The molecule has 0 bridgehead atoms. The van der Waals surface area contributed by atoms with E-state index in [1.165, 1.54) is 6.07 Å². The zero-order chi connectivity index (χ0) is 17.3. The van der Waals surface area contributed by atoms with Gasteiger partial charge in [-0.05, 0) is 37.3 Å². The number of nitrogens with two attached hydrogens (primary N) is 1. The van der Waals surface area contributed by atoms with Gasteiger partial charge in [0, 0.05) is 12.1 Å². The average molecular weight is 365 g/mol. The van der Waals surface area contributed by atoms with E-state index in [1.807, 2.05) is 13.8 Å². The molecule has 0 atom stereocenters. The SMILES string of the molecule is CCC(N)(CC)CNC(=O)C1(c2cccc(C(F)(F)F)c2)CC1.Cl. The second-order valence-electron chi connectivity index (χ2n) is 6.41. The first-order valence-corrected chi connectivity index (χ1v) is 7.92. The molecule has 1 aliphatic rings. The molecule has 136 valence electrons. The number of amides is 1. The second-order valence-corrected chi connectivity index (χ2v) is 6.41. The Morgan fingerprint density at radius 1 is 1.25 bits per heavy atom. The number of carbonyl (C=O) groups excluding carboxylic acids is 1. The second kappa shape index (κ2) is 7.31. The number of halogens is 4. The highest BCUT2D eigenvalue weighted by molar-refractivity contribution is 5.91. The molecule has 3 N–H and O–H groups in total. The van der Waals surface area contributed by atoms with Crippen LogP contribution in [0.25, 0.3) is 0 Å². The Hall–Kier alpha value is -1.27. The number of nitrogens with one attached hydrogen (secondary N) is 1. The van der Waals surface area contributed by atoms with Crippen LogP contribution in [0.4, 0.5) is 13.2 Å². The summed E-state index contributed by atoms with van der Waals surface area (Å²) in [6, 6.07) is 5.06. The first-order chi connectivity index (χ1) is 10.7. The normalized spacial score (nSPS) is 16.2. The van der Waals surface area contributed by atoms with Crippen molar-refractivity contribution < 1.29 is 18.0 Å². The molecule has 1 fully saturated rings. The summed E-state index contributed by atoms with van der Waals surface area (Å²) in [5.74, 6) is -0.228. The molecule has 7 heteroatoms. The average Bonchev–Trinajstić information content (AvgIpc) is 3.33. The fraction of sp³-hybridized carbons (Fsp3) is 0.588. The van der Waals surface area contributed by atoms with Crippen molar-refractivity contribution >= 4 is 18.3 Å². The van der Waals surface area contributed by atoms with Gasteiger partial charge in [-0.3, -0.25) is 4.79 Å². The first-order valence-electron chi connectivity index (χ1n) is 7.92. The lowest BCUT2D eigenvalue weighted by atomic mass is 9.91. The van der Waals surface area contributed by atoms with Crippen LogP contribution in [0, 0.1) is 0 Å². The zero-order valence-electron chi connectivity index (χ0n) is 13.9. The van der Waals surface area contributed by atoms with Gasteiger partial charge in [0.15, 0.2) is 0 Å². The lowest BCUT2D eigenvalue weighted by Gasteiger charge is -2.28. The van der Waals surface area contributed by atoms with Crippen molar-refractivity contribution in [1.82, 2.24) is 5.32 Å². The summed E-state index contributed by atoms with van der Waals surface area (Å²) in [7, 11) is 0. The van der Waals surface area contributed by atoms with Crippen LogP contribution >= 0.6 is 12.4 Å². The highest BCUT2D eigenvalue weighted by Gasteiger charge is 2.52. The Morgan fingerprint density at radius 3 is 2.29 bits per heavy atom. The van der Waals surface area contributed by atoms with Crippen LogP contribution in [0.3, 0.4) is 0 Å². The largest absolute Gasteiger partial charge is 0.416 e. The Kier molecular flexibility index (Phi) is 6.33. The summed E-state index contributed by atoms with van der Waals surface area (Å²) in [6.45, 7) is 4.24. The van der Waals surface area contributed by atoms with Gasteiger partial charge in [-0.2, -0.15) is 13.2 Å². The van der Waals surface area contributed by atoms with Gasteiger partial charge < -0.3 is 11.1 Å². The zero-order valence-corrected chi connectivity index (χ0v) is 14.7. The molecule has 3 nitrogen and oxygen atoms in total. The third-order valence-electron chi connectivity index (χ3n) is 4.94. The van der Waals surface area contributed by atoms with Gasteiger partial charge in [-0.1, -0.05) is 32.0 Å². The predicted octanol–water partition coefficient (Wildman–Crippen LogP) is 3.79. The molecule has 0 aromatic heterocycles. The predicted molar refractivity (Wildman–Crippen MR) is 90.1 cm³/mol. The summed E-state index contributed by atoms with van der Waals surface area (Å²) in [5.41, 5.74) is 4.58. The van der Waals surface area contributed by atoms with Gasteiger partial charge in [-0.15, -0.1) is 12.4 Å². The van der Waals surface area contributed by atoms with Crippen molar-refractivity contribution in [3.63, 3.8) is 0 Å². The topological polar surface area (TPSA) is 55.1 Å². The van der Waals surface area contributed by atoms with E-state index < -0.39 is 22.7 Å². The number of hydrogen-bond acceptors (Lipinski definition) is 2. The fourth-order valence-corrected chi connectivity index (χ4v) is 2.69. The van der Waals surface area contributed by atoms with Gasteiger partial charge in [0.2, 0.25) is 5.91 Å². The van der Waals surface area contributed by atoms with Crippen molar-refractivity contribution in [1.29, 1.82) is 0 Å². The van der Waals surface area contributed by atoms with Crippen LogP contribution in [0.2, 0.25) is 0 Å². The minimum atomic E-state index is -4.40. The van der Waals surface area contributed by atoms with Crippen LogP contribution in [0.15, 0.2) is 24.3 Å². The van der Waals surface area contributed by atoms with Crippen molar-refractivity contribution in [2.24, 2.45) is 5.73 Å². The van der Waals surface area contributed by atoms with Crippen molar-refractivity contribution in [2.75, 3.05) is 6.54 Å². The molecule has 1 amide bonds. The quantitative estimate of drug-likeness (QED) is 0.806. The van der Waals surface area contributed by atoms with E-state index in [0.29, 0.717) is 24.9 Å². The fourth-order valence-electron chi connectivity index (χ4n) is 2.69. The molecule has 0 unspecified atom stereocenters. The monoisotopic (exact) mass is 364 g/mol. The Bertz CT molecular complexity index is 581. The molecule has 0 radical (unpaired) electrons. The maximum atomic E-state index is 12.9. The molecule has 0 heterocycles.